The maximum Gasteiger partial charge on any atom is 0.243 e. The SMILES string of the molecule is O=C(NNC(=O)C1CC(=O)N(Cc2ccco2)C1)C1CC1. The molecule has 1 atom stereocenters. The van der Waals surface area contributed by atoms with Gasteiger partial charge in [-0.3, -0.25) is 25.2 Å². The van der Waals surface area contributed by atoms with Crippen molar-refractivity contribution in [2.24, 2.45) is 11.8 Å². The predicted molar refractivity (Wildman–Crippen MR) is 71.2 cm³/mol. The number of carbonyl (C=O) groups is 3. The second-order valence-corrected chi connectivity index (χ2v) is 5.51. The lowest BCUT2D eigenvalue weighted by atomic mass is 10.1. The molecule has 2 fully saturated rings. The number of nitrogens with one attached hydrogen (secondary N) is 2. The third kappa shape index (κ3) is 3.24. The molecule has 2 N–H and O–H groups in total. The van der Waals surface area contributed by atoms with E-state index in [0.717, 1.165) is 12.8 Å². The minimum Gasteiger partial charge on any atom is -0.467 e. The van der Waals surface area contributed by atoms with E-state index in [1.54, 1.807) is 23.3 Å². The normalized spacial score (nSPS) is 21.4. The lowest BCUT2D eigenvalue weighted by molar-refractivity contribution is -0.132. The van der Waals surface area contributed by atoms with Crippen molar-refractivity contribution in [1.82, 2.24) is 15.8 Å². The van der Waals surface area contributed by atoms with E-state index in [4.69, 9.17) is 4.42 Å². The first-order valence-electron chi connectivity index (χ1n) is 7.03. The molecule has 1 aromatic heterocycles. The van der Waals surface area contributed by atoms with Gasteiger partial charge >= 0.3 is 0 Å². The summed E-state index contributed by atoms with van der Waals surface area (Å²) in [6.07, 6.45) is 3.46. The van der Waals surface area contributed by atoms with Crippen LogP contribution in [0.3, 0.4) is 0 Å². The van der Waals surface area contributed by atoms with Crippen molar-refractivity contribution in [1.29, 1.82) is 0 Å². The highest BCUT2D eigenvalue weighted by Gasteiger charge is 2.35. The zero-order valence-corrected chi connectivity index (χ0v) is 11.5. The molecule has 2 heterocycles. The quantitative estimate of drug-likeness (QED) is 0.774. The Balaban J connectivity index is 1.48. The average Bonchev–Trinajstić information content (AvgIpc) is 3.09. The summed E-state index contributed by atoms with van der Waals surface area (Å²) in [5.41, 5.74) is 4.81. The fraction of sp³-hybridized carbons (Fsp3) is 0.500. The van der Waals surface area contributed by atoms with Gasteiger partial charge in [-0.2, -0.15) is 0 Å². The maximum absolute atomic E-state index is 12.0. The second kappa shape index (κ2) is 5.59. The van der Waals surface area contributed by atoms with E-state index >= 15 is 0 Å². The van der Waals surface area contributed by atoms with Crippen LogP contribution in [-0.2, 0) is 20.9 Å². The number of amides is 3. The third-order valence-corrected chi connectivity index (χ3v) is 3.77. The predicted octanol–water partition coefficient (Wildman–Crippen LogP) is 0.185. The van der Waals surface area contributed by atoms with E-state index in [2.05, 4.69) is 10.9 Å². The average molecular weight is 291 g/mol. The Kier molecular flexibility index (Phi) is 3.64. The summed E-state index contributed by atoms with van der Waals surface area (Å²) in [7, 11) is 0. The van der Waals surface area contributed by atoms with Crippen LogP contribution in [0.4, 0.5) is 0 Å². The first-order valence-corrected chi connectivity index (χ1v) is 7.03. The van der Waals surface area contributed by atoms with Gasteiger partial charge in [-0.15, -0.1) is 0 Å². The van der Waals surface area contributed by atoms with E-state index in [1.807, 2.05) is 0 Å². The second-order valence-electron chi connectivity index (χ2n) is 5.51. The van der Waals surface area contributed by atoms with Gasteiger partial charge in [0.25, 0.3) is 0 Å². The Morgan fingerprint density at radius 2 is 1.95 bits per heavy atom. The molecule has 7 heteroatoms. The molecule has 7 nitrogen and oxygen atoms in total. The number of hydrogen-bond acceptors (Lipinski definition) is 4. The van der Waals surface area contributed by atoms with Gasteiger partial charge < -0.3 is 9.32 Å². The fourth-order valence-corrected chi connectivity index (χ4v) is 2.36. The molecule has 1 aliphatic carbocycles. The van der Waals surface area contributed by atoms with Crippen LogP contribution in [0.15, 0.2) is 22.8 Å². The highest BCUT2D eigenvalue weighted by Crippen LogP contribution is 2.28. The molecule has 21 heavy (non-hydrogen) atoms. The Bertz CT molecular complexity index is 551. The smallest absolute Gasteiger partial charge is 0.243 e. The lowest BCUT2D eigenvalue weighted by Crippen LogP contribution is -2.45. The zero-order chi connectivity index (χ0) is 14.8. The van der Waals surface area contributed by atoms with E-state index < -0.39 is 5.92 Å². The summed E-state index contributed by atoms with van der Waals surface area (Å²) in [5.74, 6) is -0.274. The number of carbonyl (C=O) groups excluding carboxylic acids is 3. The molecule has 3 amide bonds. The molecule has 2 aliphatic rings. The van der Waals surface area contributed by atoms with E-state index in [0.29, 0.717) is 18.8 Å². The van der Waals surface area contributed by atoms with E-state index in [9.17, 15) is 14.4 Å². The molecule has 0 radical (unpaired) electrons. The molecule has 1 aromatic rings. The van der Waals surface area contributed by atoms with Crippen molar-refractivity contribution in [3.8, 4) is 0 Å². The molecule has 0 aromatic carbocycles. The van der Waals surface area contributed by atoms with Gasteiger partial charge in [0.1, 0.15) is 5.76 Å². The van der Waals surface area contributed by atoms with Crippen molar-refractivity contribution in [2.45, 2.75) is 25.8 Å². The van der Waals surface area contributed by atoms with Gasteiger partial charge in [-0.1, -0.05) is 0 Å². The summed E-state index contributed by atoms with van der Waals surface area (Å²) >= 11 is 0. The third-order valence-electron chi connectivity index (χ3n) is 3.77. The first-order chi connectivity index (χ1) is 10.1. The monoisotopic (exact) mass is 291 g/mol. The fourth-order valence-electron chi connectivity index (χ4n) is 2.36. The number of likely N-dealkylation sites (tertiary alicyclic amines) is 1. The largest absolute Gasteiger partial charge is 0.467 e. The van der Waals surface area contributed by atoms with Gasteiger partial charge in [0.2, 0.25) is 17.7 Å². The number of hydrazine groups is 1. The van der Waals surface area contributed by atoms with Crippen LogP contribution in [0, 0.1) is 11.8 Å². The summed E-state index contributed by atoms with van der Waals surface area (Å²) < 4.78 is 5.20. The van der Waals surface area contributed by atoms with Crippen molar-refractivity contribution in [3.05, 3.63) is 24.2 Å². The number of hydrogen-bond donors (Lipinski definition) is 2. The molecule has 0 spiro atoms. The first kappa shape index (κ1) is 13.7. The minimum absolute atomic E-state index is 0.0333. The van der Waals surface area contributed by atoms with Gasteiger partial charge in [0, 0.05) is 18.9 Å². The van der Waals surface area contributed by atoms with Crippen LogP contribution < -0.4 is 10.9 Å². The minimum atomic E-state index is -0.438. The molecule has 0 bridgehead atoms. The highest BCUT2D eigenvalue weighted by atomic mass is 16.3. The molecule has 1 aliphatic heterocycles. The molecular formula is C14H17N3O4. The van der Waals surface area contributed by atoms with Crippen molar-refractivity contribution in [3.63, 3.8) is 0 Å². The summed E-state index contributed by atoms with van der Waals surface area (Å²) in [5, 5.41) is 0. The van der Waals surface area contributed by atoms with Crippen molar-refractivity contribution < 1.29 is 18.8 Å². The summed E-state index contributed by atoms with van der Waals surface area (Å²) in [6.45, 7) is 0.703. The Hall–Kier alpha value is -2.31. The molecule has 3 rings (SSSR count). The number of furan rings is 1. The van der Waals surface area contributed by atoms with E-state index in [1.165, 1.54) is 0 Å². The van der Waals surface area contributed by atoms with Crippen LogP contribution in [0.5, 0.6) is 0 Å². The van der Waals surface area contributed by atoms with Gasteiger partial charge in [-0.05, 0) is 25.0 Å². The molecule has 1 saturated heterocycles. The lowest BCUT2D eigenvalue weighted by Gasteiger charge is -2.15. The van der Waals surface area contributed by atoms with Gasteiger partial charge in [0.15, 0.2) is 0 Å². The standard InChI is InChI=1S/C14H17N3O4/c18-12-6-10(7-17(12)8-11-2-1-5-21-11)14(20)16-15-13(19)9-3-4-9/h1-2,5,9-10H,3-4,6-8H2,(H,15,19)(H,16,20). The Morgan fingerprint density at radius 3 is 2.57 bits per heavy atom. The molecule has 112 valence electrons. The molecule has 1 saturated carbocycles. The zero-order valence-electron chi connectivity index (χ0n) is 11.5. The van der Waals surface area contributed by atoms with E-state index in [-0.39, 0.29) is 30.1 Å². The summed E-state index contributed by atoms with van der Waals surface area (Å²) in [6, 6.07) is 3.55. The number of rotatable bonds is 4. The van der Waals surface area contributed by atoms with Crippen molar-refractivity contribution in [2.75, 3.05) is 6.54 Å². The van der Waals surface area contributed by atoms with Crippen LogP contribution in [-0.4, -0.2) is 29.2 Å². The van der Waals surface area contributed by atoms with Crippen LogP contribution >= 0.6 is 0 Å². The molecule has 1 unspecified atom stereocenters. The van der Waals surface area contributed by atoms with Gasteiger partial charge in [0.05, 0.1) is 18.7 Å². The Morgan fingerprint density at radius 1 is 1.24 bits per heavy atom. The van der Waals surface area contributed by atoms with Gasteiger partial charge in [-0.25, -0.2) is 0 Å². The summed E-state index contributed by atoms with van der Waals surface area (Å²) in [4.78, 5) is 36.9. The maximum atomic E-state index is 12.0. The Labute approximate surface area is 121 Å². The van der Waals surface area contributed by atoms with Crippen LogP contribution in [0.2, 0.25) is 0 Å². The van der Waals surface area contributed by atoms with Crippen LogP contribution in [0.1, 0.15) is 25.0 Å². The molecular weight excluding hydrogens is 274 g/mol. The topological polar surface area (TPSA) is 91.7 Å². The highest BCUT2D eigenvalue weighted by molar-refractivity contribution is 5.90. The van der Waals surface area contributed by atoms with Crippen LogP contribution in [0.25, 0.3) is 0 Å². The van der Waals surface area contributed by atoms with Crippen molar-refractivity contribution >= 4 is 17.7 Å². The number of nitrogens with zero attached hydrogens (tertiary/aromatic N) is 1.